The predicted octanol–water partition coefficient (Wildman–Crippen LogP) is 2.58. The summed E-state index contributed by atoms with van der Waals surface area (Å²) >= 11 is 0. The second kappa shape index (κ2) is 5.81. The van der Waals surface area contributed by atoms with Gasteiger partial charge in [-0.1, -0.05) is 30.3 Å². The van der Waals surface area contributed by atoms with Crippen molar-refractivity contribution in [2.45, 2.75) is 6.61 Å². The van der Waals surface area contributed by atoms with Crippen molar-refractivity contribution in [1.82, 2.24) is 4.98 Å². The maximum Gasteiger partial charge on any atom is 0.406 e. The van der Waals surface area contributed by atoms with Gasteiger partial charge in [-0.25, -0.2) is 0 Å². The lowest BCUT2D eigenvalue weighted by atomic mass is 10.2. The van der Waals surface area contributed by atoms with Crippen LogP contribution in [-0.2, 0) is 6.61 Å². The van der Waals surface area contributed by atoms with Gasteiger partial charge >= 0.3 is 5.82 Å². The minimum absolute atomic E-state index is 0.0909. The largest absolute Gasteiger partial charge is 0.493 e. The fraction of sp³-hybridized carbons (Fsp3) is 0.154. The zero-order valence-electron chi connectivity index (χ0n) is 10.3. The first-order chi connectivity index (χ1) is 9.20. The molecule has 0 fully saturated rings. The molecule has 0 saturated heterocycles. The van der Waals surface area contributed by atoms with E-state index < -0.39 is 4.92 Å². The first kappa shape index (κ1) is 12.8. The molecule has 2 rings (SSSR count). The van der Waals surface area contributed by atoms with Crippen LogP contribution in [0.5, 0.6) is 11.5 Å². The Bertz CT molecular complexity index is 572. The summed E-state index contributed by atoms with van der Waals surface area (Å²) in [7, 11) is 1.46. The molecule has 19 heavy (non-hydrogen) atoms. The molecule has 0 spiro atoms. The van der Waals surface area contributed by atoms with E-state index in [4.69, 9.17) is 9.47 Å². The highest BCUT2D eigenvalue weighted by atomic mass is 16.6. The molecule has 98 valence electrons. The molecule has 1 heterocycles. The van der Waals surface area contributed by atoms with Crippen LogP contribution < -0.4 is 9.47 Å². The summed E-state index contributed by atoms with van der Waals surface area (Å²) in [5, 5.41) is 10.9. The molecule has 0 unspecified atom stereocenters. The van der Waals surface area contributed by atoms with Crippen molar-refractivity contribution < 1.29 is 14.4 Å². The summed E-state index contributed by atoms with van der Waals surface area (Å²) in [5.74, 6) is 0.179. The SMILES string of the molecule is COc1cnc([N+](=O)[O-])c(OCc2ccccc2)c1. The molecule has 0 aliphatic heterocycles. The highest BCUT2D eigenvalue weighted by molar-refractivity contribution is 5.44. The van der Waals surface area contributed by atoms with Crippen molar-refractivity contribution in [1.29, 1.82) is 0 Å². The molecular weight excluding hydrogens is 248 g/mol. The van der Waals surface area contributed by atoms with E-state index in [0.29, 0.717) is 5.75 Å². The van der Waals surface area contributed by atoms with E-state index in [1.165, 1.54) is 19.4 Å². The zero-order valence-corrected chi connectivity index (χ0v) is 10.3. The summed E-state index contributed by atoms with van der Waals surface area (Å²) in [6.45, 7) is 0.233. The van der Waals surface area contributed by atoms with Gasteiger partial charge in [-0.15, -0.1) is 0 Å². The van der Waals surface area contributed by atoms with Gasteiger partial charge in [0.1, 0.15) is 6.61 Å². The highest BCUT2D eigenvalue weighted by Gasteiger charge is 2.18. The number of aromatic nitrogens is 1. The Morgan fingerprint density at radius 2 is 2.05 bits per heavy atom. The van der Waals surface area contributed by atoms with Crippen molar-refractivity contribution in [3.63, 3.8) is 0 Å². The van der Waals surface area contributed by atoms with E-state index in [1.807, 2.05) is 30.3 Å². The number of ether oxygens (including phenoxy) is 2. The van der Waals surface area contributed by atoms with Gasteiger partial charge < -0.3 is 19.6 Å². The van der Waals surface area contributed by atoms with E-state index in [9.17, 15) is 10.1 Å². The van der Waals surface area contributed by atoms with E-state index >= 15 is 0 Å². The molecule has 2 aromatic rings. The molecular formula is C13H12N2O4. The van der Waals surface area contributed by atoms with E-state index in [2.05, 4.69) is 4.98 Å². The van der Waals surface area contributed by atoms with Crippen LogP contribution in [-0.4, -0.2) is 17.0 Å². The molecule has 0 saturated carbocycles. The lowest BCUT2D eigenvalue weighted by Gasteiger charge is -2.07. The number of nitrogens with zero attached hydrogens (tertiary/aromatic N) is 2. The first-order valence-corrected chi connectivity index (χ1v) is 5.56. The summed E-state index contributed by atoms with van der Waals surface area (Å²) in [4.78, 5) is 14.0. The second-order valence-corrected chi connectivity index (χ2v) is 3.73. The monoisotopic (exact) mass is 260 g/mol. The quantitative estimate of drug-likeness (QED) is 0.610. The van der Waals surface area contributed by atoms with Crippen LogP contribution in [0.1, 0.15) is 5.56 Å². The highest BCUT2D eigenvalue weighted by Crippen LogP contribution is 2.28. The molecule has 0 amide bonds. The Morgan fingerprint density at radius 1 is 1.32 bits per heavy atom. The molecule has 0 radical (unpaired) electrons. The van der Waals surface area contributed by atoms with Crippen molar-refractivity contribution in [3.05, 3.63) is 58.3 Å². The van der Waals surface area contributed by atoms with Gasteiger partial charge in [0.25, 0.3) is 0 Å². The van der Waals surface area contributed by atoms with Gasteiger partial charge in [0.15, 0.2) is 11.9 Å². The lowest BCUT2D eigenvalue weighted by molar-refractivity contribution is -0.390. The zero-order chi connectivity index (χ0) is 13.7. The topological polar surface area (TPSA) is 74.5 Å². The third-order valence-electron chi connectivity index (χ3n) is 2.45. The van der Waals surface area contributed by atoms with Gasteiger partial charge in [0, 0.05) is 6.07 Å². The van der Waals surface area contributed by atoms with Gasteiger partial charge in [-0.2, -0.15) is 0 Å². The Labute approximate surface area is 109 Å². The Balaban J connectivity index is 2.20. The van der Waals surface area contributed by atoms with Gasteiger partial charge in [-0.05, 0) is 15.5 Å². The molecule has 1 aromatic heterocycles. The third-order valence-corrected chi connectivity index (χ3v) is 2.45. The second-order valence-electron chi connectivity index (χ2n) is 3.73. The number of rotatable bonds is 5. The molecule has 6 nitrogen and oxygen atoms in total. The normalized spacial score (nSPS) is 9.95. The summed E-state index contributed by atoms with van der Waals surface area (Å²) in [6, 6.07) is 10.8. The Kier molecular flexibility index (Phi) is 3.92. The first-order valence-electron chi connectivity index (χ1n) is 5.56. The fourth-order valence-corrected chi connectivity index (χ4v) is 1.51. The average molecular weight is 260 g/mol. The maximum absolute atomic E-state index is 10.9. The standard InChI is InChI=1S/C13H12N2O4/c1-18-11-7-12(13(14-8-11)15(16)17)19-9-10-5-3-2-4-6-10/h2-8H,9H2,1H3. The van der Waals surface area contributed by atoms with E-state index in [1.54, 1.807) is 0 Å². The molecule has 0 bridgehead atoms. The minimum Gasteiger partial charge on any atom is -0.493 e. The van der Waals surface area contributed by atoms with E-state index in [0.717, 1.165) is 5.56 Å². The molecule has 0 aliphatic rings. The van der Waals surface area contributed by atoms with Crippen molar-refractivity contribution in [2.75, 3.05) is 7.11 Å². The van der Waals surface area contributed by atoms with Crippen LogP contribution in [0.3, 0.4) is 0 Å². The average Bonchev–Trinajstić information content (AvgIpc) is 2.45. The Hall–Kier alpha value is -2.63. The smallest absolute Gasteiger partial charge is 0.406 e. The molecule has 6 heteroatoms. The minimum atomic E-state index is -0.584. The van der Waals surface area contributed by atoms with Crippen LogP contribution in [0.15, 0.2) is 42.6 Å². The Morgan fingerprint density at radius 3 is 2.68 bits per heavy atom. The lowest BCUT2D eigenvalue weighted by Crippen LogP contribution is -2.01. The van der Waals surface area contributed by atoms with Gasteiger partial charge in [0.05, 0.1) is 7.11 Å². The van der Waals surface area contributed by atoms with Crippen LogP contribution >= 0.6 is 0 Å². The number of benzene rings is 1. The van der Waals surface area contributed by atoms with Crippen molar-refractivity contribution in [3.8, 4) is 11.5 Å². The molecule has 0 N–H and O–H groups in total. The van der Waals surface area contributed by atoms with Crippen molar-refractivity contribution in [2.24, 2.45) is 0 Å². The predicted molar refractivity (Wildman–Crippen MR) is 68.2 cm³/mol. The molecule has 0 aliphatic carbocycles. The molecule has 1 aromatic carbocycles. The third kappa shape index (κ3) is 3.19. The van der Waals surface area contributed by atoms with Crippen LogP contribution in [0.25, 0.3) is 0 Å². The van der Waals surface area contributed by atoms with E-state index in [-0.39, 0.29) is 18.2 Å². The van der Waals surface area contributed by atoms with Crippen LogP contribution in [0.4, 0.5) is 5.82 Å². The maximum atomic E-state index is 10.9. The fourth-order valence-electron chi connectivity index (χ4n) is 1.51. The van der Waals surface area contributed by atoms with Crippen LogP contribution in [0.2, 0.25) is 0 Å². The molecule has 0 atom stereocenters. The van der Waals surface area contributed by atoms with Gasteiger partial charge in [0.2, 0.25) is 5.75 Å². The number of nitro groups is 1. The summed E-state index contributed by atoms with van der Waals surface area (Å²) < 4.78 is 10.4. The summed E-state index contributed by atoms with van der Waals surface area (Å²) in [6.07, 6.45) is 1.29. The number of methoxy groups -OCH3 is 1. The number of pyridine rings is 1. The van der Waals surface area contributed by atoms with Crippen LogP contribution in [0, 0.1) is 10.1 Å². The van der Waals surface area contributed by atoms with Gasteiger partial charge in [-0.3, -0.25) is 0 Å². The number of hydrogen-bond acceptors (Lipinski definition) is 5. The van der Waals surface area contributed by atoms with Crippen molar-refractivity contribution >= 4 is 5.82 Å². The number of hydrogen-bond donors (Lipinski definition) is 0. The summed E-state index contributed by atoms with van der Waals surface area (Å²) in [5.41, 5.74) is 0.916.